The van der Waals surface area contributed by atoms with Gasteiger partial charge in [-0.2, -0.15) is 0 Å². The van der Waals surface area contributed by atoms with Crippen molar-refractivity contribution in [2.24, 2.45) is 0 Å². The largest absolute Gasteiger partial charge is 0.342 e. The van der Waals surface area contributed by atoms with Gasteiger partial charge in [0.05, 0.1) is 0 Å². The van der Waals surface area contributed by atoms with Gasteiger partial charge in [0.1, 0.15) is 0 Å². The molecule has 1 fully saturated rings. The molecule has 2 amide bonds. The van der Waals surface area contributed by atoms with Gasteiger partial charge in [0.15, 0.2) is 0 Å². The Morgan fingerprint density at radius 1 is 0.958 bits per heavy atom. The molecule has 0 radical (unpaired) electrons. The summed E-state index contributed by atoms with van der Waals surface area (Å²) in [5, 5.41) is 0. The lowest BCUT2D eigenvalue weighted by atomic mass is 10.1. The first-order valence-electron chi connectivity index (χ1n) is 8.01. The zero-order valence-electron chi connectivity index (χ0n) is 13.4. The van der Waals surface area contributed by atoms with Crippen LogP contribution >= 0.6 is 11.8 Å². The summed E-state index contributed by atoms with van der Waals surface area (Å²) in [4.78, 5) is 28.0. The number of rotatable bonds is 5. The third-order valence-electron chi connectivity index (χ3n) is 4.10. The van der Waals surface area contributed by atoms with Crippen molar-refractivity contribution in [2.45, 2.75) is 10.6 Å². The van der Waals surface area contributed by atoms with Crippen LogP contribution in [0.4, 0.5) is 0 Å². The Hall–Kier alpha value is -2.27. The predicted octanol–water partition coefficient (Wildman–Crippen LogP) is 2.89. The molecule has 0 atom stereocenters. The van der Waals surface area contributed by atoms with Crippen molar-refractivity contribution in [3.8, 4) is 0 Å². The van der Waals surface area contributed by atoms with E-state index in [4.69, 9.17) is 0 Å². The molecule has 1 heterocycles. The molecule has 0 spiro atoms. The number of nitrogens with zero attached hydrogens (tertiary/aromatic N) is 2. The molecule has 1 aliphatic rings. The topological polar surface area (TPSA) is 40.6 Å². The Labute approximate surface area is 146 Å². The van der Waals surface area contributed by atoms with Gasteiger partial charge >= 0.3 is 0 Å². The molecule has 0 aliphatic carbocycles. The number of benzene rings is 2. The molecule has 24 heavy (non-hydrogen) atoms. The number of hydrogen-bond donors (Lipinski definition) is 0. The number of thioether (sulfide) groups is 1. The fourth-order valence-corrected chi connectivity index (χ4v) is 3.52. The summed E-state index contributed by atoms with van der Waals surface area (Å²) in [6.45, 7) is 2.43. The molecular formula is C19H20N2O2S. The van der Waals surface area contributed by atoms with Gasteiger partial charge in [0.2, 0.25) is 6.41 Å². The normalized spacial score (nSPS) is 14.5. The molecule has 3 rings (SSSR count). The third-order valence-corrected chi connectivity index (χ3v) is 5.18. The maximum Gasteiger partial charge on any atom is 0.253 e. The van der Waals surface area contributed by atoms with Crippen molar-refractivity contribution in [1.82, 2.24) is 9.80 Å². The highest BCUT2D eigenvalue weighted by atomic mass is 32.2. The SMILES string of the molecule is O=CN1CCN(C(=O)c2ccc(CSc3ccccc3)cc2)CC1. The molecule has 1 saturated heterocycles. The molecule has 0 saturated carbocycles. The lowest BCUT2D eigenvalue weighted by Gasteiger charge is -2.32. The van der Waals surface area contributed by atoms with Gasteiger partial charge in [-0.25, -0.2) is 0 Å². The van der Waals surface area contributed by atoms with E-state index in [9.17, 15) is 9.59 Å². The van der Waals surface area contributed by atoms with E-state index in [0.717, 1.165) is 12.2 Å². The van der Waals surface area contributed by atoms with Crippen LogP contribution in [0, 0.1) is 0 Å². The highest BCUT2D eigenvalue weighted by Crippen LogP contribution is 2.22. The molecule has 0 bridgehead atoms. The second-order valence-corrected chi connectivity index (χ2v) is 6.78. The predicted molar refractivity (Wildman–Crippen MR) is 96.0 cm³/mol. The molecule has 0 aromatic heterocycles. The summed E-state index contributed by atoms with van der Waals surface area (Å²) in [7, 11) is 0. The van der Waals surface area contributed by atoms with Crippen LogP contribution in [0.5, 0.6) is 0 Å². The van der Waals surface area contributed by atoms with E-state index in [1.807, 2.05) is 47.4 Å². The average molecular weight is 340 g/mol. The highest BCUT2D eigenvalue weighted by Gasteiger charge is 2.21. The minimum Gasteiger partial charge on any atom is -0.342 e. The van der Waals surface area contributed by atoms with Crippen LogP contribution in [-0.4, -0.2) is 48.3 Å². The summed E-state index contributed by atoms with van der Waals surface area (Å²) < 4.78 is 0. The van der Waals surface area contributed by atoms with Crippen molar-refractivity contribution in [3.63, 3.8) is 0 Å². The van der Waals surface area contributed by atoms with E-state index in [-0.39, 0.29) is 5.91 Å². The van der Waals surface area contributed by atoms with Crippen LogP contribution < -0.4 is 0 Å². The summed E-state index contributed by atoms with van der Waals surface area (Å²) in [5.41, 5.74) is 1.91. The number of carbonyl (C=O) groups is 2. The van der Waals surface area contributed by atoms with Gasteiger partial charge in [0.25, 0.3) is 5.91 Å². The molecule has 2 aromatic carbocycles. The zero-order valence-corrected chi connectivity index (χ0v) is 14.2. The van der Waals surface area contributed by atoms with E-state index in [0.29, 0.717) is 31.7 Å². The summed E-state index contributed by atoms with van der Waals surface area (Å²) >= 11 is 1.78. The molecule has 0 unspecified atom stereocenters. The van der Waals surface area contributed by atoms with Crippen LogP contribution in [0.2, 0.25) is 0 Å². The minimum absolute atomic E-state index is 0.0443. The van der Waals surface area contributed by atoms with Gasteiger partial charge in [-0.05, 0) is 29.8 Å². The van der Waals surface area contributed by atoms with Gasteiger partial charge in [0, 0.05) is 42.4 Å². The van der Waals surface area contributed by atoms with E-state index in [1.165, 1.54) is 10.5 Å². The Kier molecular flexibility index (Phi) is 5.54. The molecule has 124 valence electrons. The minimum atomic E-state index is 0.0443. The number of carbonyl (C=O) groups excluding carboxylic acids is 2. The first-order chi connectivity index (χ1) is 11.8. The number of hydrogen-bond acceptors (Lipinski definition) is 3. The van der Waals surface area contributed by atoms with E-state index >= 15 is 0 Å². The van der Waals surface area contributed by atoms with E-state index < -0.39 is 0 Å². The van der Waals surface area contributed by atoms with Crippen molar-refractivity contribution in [1.29, 1.82) is 0 Å². The Balaban J connectivity index is 1.56. The lowest BCUT2D eigenvalue weighted by Crippen LogP contribution is -2.48. The molecule has 0 N–H and O–H groups in total. The lowest BCUT2D eigenvalue weighted by molar-refractivity contribution is -0.119. The van der Waals surface area contributed by atoms with Gasteiger partial charge < -0.3 is 9.80 Å². The van der Waals surface area contributed by atoms with Crippen molar-refractivity contribution < 1.29 is 9.59 Å². The zero-order chi connectivity index (χ0) is 16.8. The highest BCUT2D eigenvalue weighted by molar-refractivity contribution is 7.98. The first kappa shape index (κ1) is 16.6. The van der Waals surface area contributed by atoms with Crippen LogP contribution in [0.15, 0.2) is 59.5 Å². The van der Waals surface area contributed by atoms with Gasteiger partial charge in [-0.15, -0.1) is 11.8 Å². The number of amides is 2. The van der Waals surface area contributed by atoms with Crippen LogP contribution in [0.25, 0.3) is 0 Å². The Morgan fingerprint density at radius 2 is 1.62 bits per heavy atom. The van der Waals surface area contributed by atoms with Gasteiger partial charge in [-0.1, -0.05) is 30.3 Å². The monoisotopic (exact) mass is 340 g/mol. The molecule has 4 nitrogen and oxygen atoms in total. The van der Waals surface area contributed by atoms with Crippen molar-refractivity contribution in [3.05, 3.63) is 65.7 Å². The maximum atomic E-state index is 12.5. The average Bonchev–Trinajstić information content (AvgIpc) is 2.67. The Bertz CT molecular complexity index is 680. The number of piperazine rings is 1. The van der Waals surface area contributed by atoms with Crippen molar-refractivity contribution >= 4 is 24.1 Å². The Morgan fingerprint density at radius 3 is 2.25 bits per heavy atom. The van der Waals surface area contributed by atoms with Crippen LogP contribution in [0.1, 0.15) is 15.9 Å². The fraction of sp³-hybridized carbons (Fsp3) is 0.263. The molecular weight excluding hydrogens is 320 g/mol. The standard InChI is InChI=1S/C19H20N2O2S/c22-15-20-10-12-21(13-11-20)19(23)17-8-6-16(7-9-17)14-24-18-4-2-1-3-5-18/h1-9,15H,10-14H2. The summed E-state index contributed by atoms with van der Waals surface area (Å²) in [6, 6.07) is 18.1. The molecule has 1 aliphatic heterocycles. The molecule has 2 aromatic rings. The molecule has 5 heteroatoms. The third kappa shape index (κ3) is 4.17. The quantitative estimate of drug-likeness (QED) is 0.621. The first-order valence-corrected chi connectivity index (χ1v) is 9.00. The van der Waals surface area contributed by atoms with Crippen molar-refractivity contribution in [2.75, 3.05) is 26.2 Å². The van der Waals surface area contributed by atoms with E-state index in [1.54, 1.807) is 16.7 Å². The van der Waals surface area contributed by atoms with E-state index in [2.05, 4.69) is 12.1 Å². The second-order valence-electron chi connectivity index (χ2n) is 5.73. The van der Waals surface area contributed by atoms with Gasteiger partial charge in [-0.3, -0.25) is 9.59 Å². The fourth-order valence-electron chi connectivity index (χ4n) is 2.64. The summed E-state index contributed by atoms with van der Waals surface area (Å²) in [5.74, 6) is 0.930. The summed E-state index contributed by atoms with van der Waals surface area (Å²) in [6.07, 6.45) is 0.848. The maximum absolute atomic E-state index is 12.5. The van der Waals surface area contributed by atoms with Crippen LogP contribution in [0.3, 0.4) is 0 Å². The second kappa shape index (κ2) is 8.02. The smallest absolute Gasteiger partial charge is 0.253 e. The van der Waals surface area contributed by atoms with Crippen LogP contribution in [-0.2, 0) is 10.5 Å².